The van der Waals surface area contributed by atoms with E-state index >= 15 is 0 Å². The third kappa shape index (κ3) is 4.90. The predicted octanol–water partition coefficient (Wildman–Crippen LogP) is 2.72. The molecule has 2 amide bonds. The van der Waals surface area contributed by atoms with Crippen molar-refractivity contribution in [1.82, 2.24) is 20.6 Å². The molecule has 2 N–H and O–H groups in total. The number of carbonyl (C=O) groups excluding carboxylic acids is 2. The normalized spacial score (nSPS) is 14.6. The molecule has 2 aromatic rings. The summed E-state index contributed by atoms with van der Waals surface area (Å²) in [5.74, 6) is -0.124. The number of amides is 2. The number of nitrogens with one attached hydrogen (secondary N) is 2. The number of hydrogen-bond acceptors (Lipinski definition) is 4. The van der Waals surface area contributed by atoms with Gasteiger partial charge in [-0.2, -0.15) is 0 Å². The molecule has 2 heterocycles. The second-order valence-corrected chi connectivity index (χ2v) is 6.64. The lowest BCUT2D eigenvalue weighted by atomic mass is 10.1. The summed E-state index contributed by atoms with van der Waals surface area (Å²) in [5.41, 5.74) is 0.875. The predicted molar refractivity (Wildman–Crippen MR) is 94.8 cm³/mol. The van der Waals surface area contributed by atoms with Crippen LogP contribution < -0.4 is 10.6 Å². The van der Waals surface area contributed by atoms with E-state index in [9.17, 15) is 9.59 Å². The molecule has 1 unspecified atom stereocenters. The van der Waals surface area contributed by atoms with Gasteiger partial charge in [-0.05, 0) is 43.0 Å². The molecule has 1 aliphatic carbocycles. The summed E-state index contributed by atoms with van der Waals surface area (Å²) in [5, 5.41) is 6.32. The van der Waals surface area contributed by atoms with Crippen LogP contribution in [0.25, 0.3) is 0 Å². The Balaban J connectivity index is 1.60. The van der Waals surface area contributed by atoms with Gasteiger partial charge in [0.15, 0.2) is 0 Å². The van der Waals surface area contributed by atoms with E-state index in [4.69, 9.17) is 23.2 Å². The molecule has 3 rings (SSSR count). The molecule has 6 nitrogen and oxygen atoms in total. The Hall–Kier alpha value is -2.18. The topological polar surface area (TPSA) is 84.0 Å². The second kappa shape index (κ2) is 7.80. The van der Waals surface area contributed by atoms with Crippen LogP contribution in [0.4, 0.5) is 0 Å². The highest BCUT2D eigenvalue weighted by Crippen LogP contribution is 2.32. The molecule has 0 radical (unpaired) electrons. The van der Waals surface area contributed by atoms with E-state index in [1.54, 1.807) is 12.1 Å². The van der Waals surface area contributed by atoms with Gasteiger partial charge in [-0.3, -0.25) is 9.59 Å². The molecule has 0 saturated heterocycles. The van der Waals surface area contributed by atoms with Gasteiger partial charge in [0.1, 0.15) is 10.3 Å². The van der Waals surface area contributed by atoms with Crippen LogP contribution in [0.2, 0.25) is 10.3 Å². The number of hydrogen-bond donors (Lipinski definition) is 2. The van der Waals surface area contributed by atoms with Crippen molar-refractivity contribution in [3.05, 3.63) is 58.1 Å². The maximum absolute atomic E-state index is 12.4. The Labute approximate surface area is 155 Å². The molecule has 1 fully saturated rings. The van der Waals surface area contributed by atoms with E-state index in [1.165, 1.54) is 24.5 Å². The van der Waals surface area contributed by atoms with Gasteiger partial charge in [-0.25, -0.2) is 9.97 Å². The Morgan fingerprint density at radius 1 is 1.04 bits per heavy atom. The van der Waals surface area contributed by atoms with Crippen molar-refractivity contribution in [2.45, 2.75) is 18.9 Å². The van der Waals surface area contributed by atoms with E-state index in [0.717, 1.165) is 12.8 Å². The highest BCUT2D eigenvalue weighted by Gasteiger charge is 2.32. The molecule has 0 bridgehead atoms. The zero-order chi connectivity index (χ0) is 17.8. The number of pyridine rings is 2. The second-order valence-electron chi connectivity index (χ2n) is 5.86. The zero-order valence-electron chi connectivity index (χ0n) is 13.2. The first-order valence-corrected chi connectivity index (χ1v) is 8.60. The molecule has 1 aliphatic rings. The lowest BCUT2D eigenvalue weighted by Crippen LogP contribution is -2.45. The van der Waals surface area contributed by atoms with E-state index in [2.05, 4.69) is 20.6 Å². The minimum atomic E-state index is -0.254. The number of aromatic nitrogens is 2. The molecule has 25 heavy (non-hydrogen) atoms. The van der Waals surface area contributed by atoms with Crippen LogP contribution in [-0.4, -0.2) is 34.4 Å². The van der Waals surface area contributed by atoms with E-state index in [0.29, 0.717) is 23.6 Å². The highest BCUT2D eigenvalue weighted by molar-refractivity contribution is 6.30. The minimum Gasteiger partial charge on any atom is -0.350 e. The summed E-state index contributed by atoms with van der Waals surface area (Å²) in [4.78, 5) is 32.3. The first kappa shape index (κ1) is 17.6. The molecular weight excluding hydrogens is 363 g/mol. The van der Waals surface area contributed by atoms with Gasteiger partial charge in [0.05, 0.1) is 0 Å². The third-order valence-electron chi connectivity index (χ3n) is 3.97. The maximum Gasteiger partial charge on any atom is 0.251 e. The SMILES string of the molecule is O=C(NCC(NC(=O)c1ccnc(Cl)c1)C1CC1)c1ccnc(Cl)c1. The quantitative estimate of drug-likeness (QED) is 0.756. The molecule has 130 valence electrons. The van der Waals surface area contributed by atoms with Crippen molar-refractivity contribution in [3.8, 4) is 0 Å². The van der Waals surface area contributed by atoms with E-state index in [-0.39, 0.29) is 28.2 Å². The minimum absolute atomic E-state index is 0.138. The van der Waals surface area contributed by atoms with Crippen molar-refractivity contribution in [2.24, 2.45) is 5.92 Å². The largest absolute Gasteiger partial charge is 0.350 e. The van der Waals surface area contributed by atoms with Crippen molar-refractivity contribution in [3.63, 3.8) is 0 Å². The standard InChI is InChI=1S/C17H16Cl2N4O2/c18-14-7-11(3-5-20-14)16(24)22-9-13(10-1-2-10)23-17(25)12-4-6-21-15(19)8-12/h3-8,10,13H,1-2,9H2,(H,22,24)(H,23,25). The van der Waals surface area contributed by atoms with Crippen LogP contribution in [0.5, 0.6) is 0 Å². The fourth-order valence-corrected chi connectivity index (χ4v) is 2.83. The maximum atomic E-state index is 12.4. The van der Waals surface area contributed by atoms with E-state index < -0.39 is 0 Å². The molecular formula is C17H16Cl2N4O2. The highest BCUT2D eigenvalue weighted by atomic mass is 35.5. The smallest absolute Gasteiger partial charge is 0.251 e. The average molecular weight is 379 g/mol. The van der Waals surface area contributed by atoms with Crippen molar-refractivity contribution >= 4 is 35.0 Å². The number of nitrogens with zero attached hydrogens (tertiary/aromatic N) is 2. The molecule has 0 aromatic carbocycles. The molecule has 1 atom stereocenters. The van der Waals surface area contributed by atoms with Crippen LogP contribution in [0.1, 0.15) is 33.6 Å². The summed E-state index contributed by atoms with van der Waals surface area (Å²) in [6, 6.07) is 6.06. The third-order valence-corrected chi connectivity index (χ3v) is 4.38. The van der Waals surface area contributed by atoms with Gasteiger partial charge in [0, 0.05) is 36.1 Å². The van der Waals surface area contributed by atoms with Crippen molar-refractivity contribution < 1.29 is 9.59 Å². The number of rotatable bonds is 6. The Morgan fingerprint density at radius 2 is 1.60 bits per heavy atom. The number of halogens is 2. The lowest BCUT2D eigenvalue weighted by Gasteiger charge is -2.19. The van der Waals surface area contributed by atoms with Gasteiger partial charge in [0.2, 0.25) is 0 Å². The molecule has 0 spiro atoms. The van der Waals surface area contributed by atoms with Gasteiger partial charge in [0.25, 0.3) is 11.8 Å². The average Bonchev–Trinajstić information content (AvgIpc) is 3.43. The molecule has 0 aliphatic heterocycles. The number of carbonyl (C=O) groups is 2. The van der Waals surface area contributed by atoms with Crippen molar-refractivity contribution in [1.29, 1.82) is 0 Å². The summed E-state index contributed by atoms with van der Waals surface area (Å²) in [7, 11) is 0. The first-order valence-electron chi connectivity index (χ1n) is 7.85. The Morgan fingerprint density at radius 3 is 2.12 bits per heavy atom. The van der Waals surface area contributed by atoms with Crippen LogP contribution in [0.3, 0.4) is 0 Å². The first-order chi connectivity index (χ1) is 12.0. The lowest BCUT2D eigenvalue weighted by molar-refractivity contribution is 0.0903. The van der Waals surface area contributed by atoms with Gasteiger partial charge in [-0.1, -0.05) is 23.2 Å². The Bertz CT molecular complexity index is 796. The van der Waals surface area contributed by atoms with Crippen LogP contribution in [0, 0.1) is 5.92 Å². The van der Waals surface area contributed by atoms with Crippen LogP contribution in [0.15, 0.2) is 36.7 Å². The molecule has 1 saturated carbocycles. The Kier molecular flexibility index (Phi) is 5.50. The summed E-state index contributed by atoms with van der Waals surface area (Å²) in [6.07, 6.45) is 5.01. The molecule has 8 heteroatoms. The van der Waals surface area contributed by atoms with Crippen LogP contribution in [-0.2, 0) is 0 Å². The van der Waals surface area contributed by atoms with Crippen LogP contribution >= 0.6 is 23.2 Å². The fraction of sp³-hybridized carbons (Fsp3) is 0.294. The summed E-state index contributed by atoms with van der Waals surface area (Å²) in [6.45, 7) is 0.341. The summed E-state index contributed by atoms with van der Waals surface area (Å²) >= 11 is 11.6. The fourth-order valence-electron chi connectivity index (χ4n) is 2.48. The van der Waals surface area contributed by atoms with Gasteiger partial charge in [-0.15, -0.1) is 0 Å². The van der Waals surface area contributed by atoms with Crippen molar-refractivity contribution in [2.75, 3.05) is 6.54 Å². The van der Waals surface area contributed by atoms with E-state index in [1.807, 2.05) is 0 Å². The monoisotopic (exact) mass is 378 g/mol. The molecule has 2 aromatic heterocycles. The summed E-state index contributed by atoms with van der Waals surface area (Å²) < 4.78 is 0. The van der Waals surface area contributed by atoms with Gasteiger partial charge >= 0.3 is 0 Å². The zero-order valence-corrected chi connectivity index (χ0v) is 14.7. The van der Waals surface area contributed by atoms with Gasteiger partial charge < -0.3 is 10.6 Å².